The van der Waals surface area contributed by atoms with Gasteiger partial charge in [-0.2, -0.15) is 0 Å². The lowest BCUT2D eigenvalue weighted by Crippen LogP contribution is -2.41. The van der Waals surface area contributed by atoms with E-state index in [0.717, 1.165) is 24.4 Å². The Hall–Kier alpha value is -2.72. The molecule has 1 heterocycles. The number of nitrogens with zero attached hydrogens (tertiary/aromatic N) is 1. The average molecular weight is 319 g/mol. The van der Waals surface area contributed by atoms with Crippen LogP contribution in [0, 0.1) is 0 Å². The van der Waals surface area contributed by atoms with Crippen molar-refractivity contribution in [1.82, 2.24) is 5.43 Å². The Bertz CT molecular complexity index is 826. The van der Waals surface area contributed by atoms with Gasteiger partial charge in [-0.3, -0.25) is 5.01 Å². The number of nitrogens with one attached hydrogen (secondary N) is 2. The Morgan fingerprint density at radius 3 is 2.62 bits per heavy atom. The van der Waals surface area contributed by atoms with E-state index in [-0.39, 0.29) is 6.17 Å². The molecular formula is C20H21N3O. The van der Waals surface area contributed by atoms with Crippen LogP contribution in [0.1, 0.15) is 6.42 Å². The lowest BCUT2D eigenvalue weighted by atomic mass is 10.1. The number of benzene rings is 3. The van der Waals surface area contributed by atoms with Gasteiger partial charge < -0.3 is 10.1 Å². The molecule has 122 valence electrons. The van der Waals surface area contributed by atoms with Crippen LogP contribution in [-0.2, 0) is 0 Å². The van der Waals surface area contributed by atoms with Crippen molar-refractivity contribution in [3.63, 3.8) is 0 Å². The molecule has 0 radical (unpaired) electrons. The lowest BCUT2D eigenvalue weighted by Gasteiger charge is -2.28. The summed E-state index contributed by atoms with van der Waals surface area (Å²) >= 11 is 0. The van der Waals surface area contributed by atoms with Gasteiger partial charge in [0.1, 0.15) is 11.9 Å². The van der Waals surface area contributed by atoms with Gasteiger partial charge in [0.2, 0.25) is 0 Å². The van der Waals surface area contributed by atoms with Gasteiger partial charge in [0.15, 0.2) is 0 Å². The smallest absolute Gasteiger partial charge is 0.119 e. The first-order chi connectivity index (χ1) is 11.8. The molecule has 24 heavy (non-hydrogen) atoms. The number of methoxy groups -OCH3 is 1. The van der Waals surface area contributed by atoms with Crippen LogP contribution in [0.15, 0.2) is 66.7 Å². The van der Waals surface area contributed by atoms with Crippen LogP contribution in [-0.4, -0.2) is 19.8 Å². The second-order valence-electron chi connectivity index (χ2n) is 5.95. The molecule has 1 fully saturated rings. The van der Waals surface area contributed by atoms with Gasteiger partial charge in [0, 0.05) is 24.0 Å². The predicted octanol–water partition coefficient (Wildman–Crippen LogP) is 4.00. The molecule has 3 aromatic carbocycles. The molecule has 3 aromatic rings. The minimum atomic E-state index is 0.212. The zero-order valence-electron chi connectivity index (χ0n) is 13.7. The van der Waals surface area contributed by atoms with Gasteiger partial charge in [-0.25, -0.2) is 5.43 Å². The second kappa shape index (κ2) is 6.42. The predicted molar refractivity (Wildman–Crippen MR) is 99.5 cm³/mol. The highest BCUT2D eigenvalue weighted by Gasteiger charge is 2.25. The molecule has 4 heteroatoms. The molecule has 0 aromatic heterocycles. The number of hydrogen-bond acceptors (Lipinski definition) is 4. The first kappa shape index (κ1) is 14.8. The first-order valence-corrected chi connectivity index (χ1v) is 8.26. The van der Waals surface area contributed by atoms with Gasteiger partial charge in [0.05, 0.1) is 12.8 Å². The summed E-state index contributed by atoms with van der Waals surface area (Å²) in [5.41, 5.74) is 5.80. The maximum Gasteiger partial charge on any atom is 0.119 e. The molecule has 1 saturated heterocycles. The average Bonchev–Trinajstić information content (AvgIpc) is 3.10. The number of rotatable bonds is 4. The maximum atomic E-state index is 5.23. The molecule has 0 bridgehead atoms. The van der Waals surface area contributed by atoms with Crippen LogP contribution in [0.3, 0.4) is 0 Å². The van der Waals surface area contributed by atoms with Crippen molar-refractivity contribution >= 4 is 22.1 Å². The summed E-state index contributed by atoms with van der Waals surface area (Å²) in [6.07, 6.45) is 1.25. The molecule has 1 aliphatic rings. The van der Waals surface area contributed by atoms with Crippen LogP contribution in [0.2, 0.25) is 0 Å². The summed E-state index contributed by atoms with van der Waals surface area (Å²) in [5, 5.41) is 8.37. The summed E-state index contributed by atoms with van der Waals surface area (Å²) in [5.74, 6) is 0.871. The van der Waals surface area contributed by atoms with E-state index in [2.05, 4.69) is 70.3 Å². The molecule has 0 saturated carbocycles. The van der Waals surface area contributed by atoms with E-state index in [0.29, 0.717) is 0 Å². The number of hydrogen-bond donors (Lipinski definition) is 2. The minimum Gasteiger partial charge on any atom is -0.497 e. The summed E-state index contributed by atoms with van der Waals surface area (Å²) in [4.78, 5) is 0. The van der Waals surface area contributed by atoms with Crippen molar-refractivity contribution in [2.75, 3.05) is 24.0 Å². The SMILES string of the molecule is COc1ccc(NC2CCNN2c2cccc3ccccc23)cc1. The topological polar surface area (TPSA) is 36.5 Å². The van der Waals surface area contributed by atoms with Crippen LogP contribution in [0.4, 0.5) is 11.4 Å². The summed E-state index contributed by atoms with van der Waals surface area (Å²) < 4.78 is 5.23. The summed E-state index contributed by atoms with van der Waals surface area (Å²) in [6.45, 7) is 0.955. The fourth-order valence-electron chi connectivity index (χ4n) is 3.25. The molecular weight excluding hydrogens is 298 g/mol. The van der Waals surface area contributed by atoms with Crippen molar-refractivity contribution in [3.8, 4) is 5.75 Å². The van der Waals surface area contributed by atoms with Gasteiger partial charge >= 0.3 is 0 Å². The van der Waals surface area contributed by atoms with Crippen LogP contribution in [0.5, 0.6) is 5.75 Å². The Morgan fingerprint density at radius 1 is 1.00 bits per heavy atom. The molecule has 2 N–H and O–H groups in total. The third-order valence-electron chi connectivity index (χ3n) is 4.46. The number of ether oxygens (including phenoxy) is 1. The third kappa shape index (κ3) is 2.76. The zero-order chi connectivity index (χ0) is 16.4. The molecule has 4 nitrogen and oxygen atoms in total. The largest absolute Gasteiger partial charge is 0.497 e. The van der Waals surface area contributed by atoms with Crippen molar-refractivity contribution in [1.29, 1.82) is 0 Å². The van der Waals surface area contributed by atoms with Crippen molar-refractivity contribution in [2.45, 2.75) is 12.6 Å². The van der Waals surface area contributed by atoms with E-state index in [1.54, 1.807) is 7.11 Å². The fraction of sp³-hybridized carbons (Fsp3) is 0.200. The molecule has 1 aliphatic heterocycles. The second-order valence-corrected chi connectivity index (χ2v) is 5.95. The van der Waals surface area contributed by atoms with E-state index in [9.17, 15) is 0 Å². The monoisotopic (exact) mass is 319 g/mol. The van der Waals surface area contributed by atoms with Crippen molar-refractivity contribution in [2.24, 2.45) is 0 Å². The van der Waals surface area contributed by atoms with Gasteiger partial charge in [-0.1, -0.05) is 36.4 Å². The van der Waals surface area contributed by atoms with E-state index in [1.165, 1.54) is 16.5 Å². The van der Waals surface area contributed by atoms with Crippen LogP contribution >= 0.6 is 0 Å². The lowest BCUT2D eigenvalue weighted by molar-refractivity contribution is 0.415. The molecule has 1 unspecified atom stereocenters. The van der Waals surface area contributed by atoms with Crippen LogP contribution in [0.25, 0.3) is 10.8 Å². The van der Waals surface area contributed by atoms with Gasteiger partial charge in [-0.15, -0.1) is 0 Å². The highest BCUT2D eigenvalue weighted by Crippen LogP contribution is 2.30. The molecule has 1 atom stereocenters. The molecule has 4 rings (SSSR count). The molecule has 0 amide bonds. The number of hydrazine groups is 1. The molecule has 0 spiro atoms. The number of fused-ring (bicyclic) bond motifs is 1. The Labute approximate surface area is 142 Å². The molecule has 0 aliphatic carbocycles. The van der Waals surface area contributed by atoms with E-state index in [4.69, 9.17) is 4.74 Å². The van der Waals surface area contributed by atoms with Crippen LogP contribution < -0.4 is 20.5 Å². The first-order valence-electron chi connectivity index (χ1n) is 8.26. The van der Waals surface area contributed by atoms with Crippen molar-refractivity contribution < 1.29 is 4.74 Å². The minimum absolute atomic E-state index is 0.212. The fourth-order valence-corrected chi connectivity index (χ4v) is 3.25. The Morgan fingerprint density at radius 2 is 1.79 bits per heavy atom. The normalized spacial score (nSPS) is 17.2. The third-order valence-corrected chi connectivity index (χ3v) is 4.46. The Kier molecular flexibility index (Phi) is 3.97. The van der Waals surface area contributed by atoms with E-state index < -0.39 is 0 Å². The number of anilines is 2. The van der Waals surface area contributed by atoms with Gasteiger partial charge in [-0.05, 0) is 35.7 Å². The maximum absolute atomic E-state index is 5.23. The van der Waals surface area contributed by atoms with E-state index >= 15 is 0 Å². The zero-order valence-corrected chi connectivity index (χ0v) is 13.7. The quantitative estimate of drug-likeness (QED) is 0.762. The standard InChI is InChI=1S/C20H21N3O/c1-24-17-11-9-16(10-12-17)22-20-13-14-21-23(20)19-8-4-6-15-5-2-3-7-18(15)19/h2-12,20-22H,13-14H2,1H3. The highest BCUT2D eigenvalue weighted by atomic mass is 16.5. The summed E-state index contributed by atoms with van der Waals surface area (Å²) in [7, 11) is 1.69. The van der Waals surface area contributed by atoms with E-state index in [1.807, 2.05) is 12.1 Å². The van der Waals surface area contributed by atoms with Gasteiger partial charge in [0.25, 0.3) is 0 Å². The summed E-state index contributed by atoms with van der Waals surface area (Å²) in [6, 6.07) is 23.0. The highest BCUT2D eigenvalue weighted by molar-refractivity contribution is 5.94. The van der Waals surface area contributed by atoms with Crippen molar-refractivity contribution in [3.05, 3.63) is 66.7 Å². The Balaban J connectivity index is 1.62.